The Labute approximate surface area is 120 Å². The summed E-state index contributed by atoms with van der Waals surface area (Å²) in [6, 6.07) is 3.53. The third kappa shape index (κ3) is 4.35. The molecule has 1 aliphatic heterocycles. The van der Waals surface area contributed by atoms with E-state index >= 15 is 0 Å². The summed E-state index contributed by atoms with van der Waals surface area (Å²) in [7, 11) is 1.73. The average molecular weight is 280 g/mol. The lowest BCUT2D eigenvalue weighted by Gasteiger charge is -2.31. The normalized spacial score (nSPS) is 17.3. The van der Waals surface area contributed by atoms with Crippen molar-refractivity contribution in [3.8, 4) is 0 Å². The molecular formula is C15H24N2O3. The fraction of sp³-hybridized carbons (Fsp3) is 0.667. The van der Waals surface area contributed by atoms with Gasteiger partial charge in [0.1, 0.15) is 5.76 Å². The van der Waals surface area contributed by atoms with Gasteiger partial charge in [-0.25, -0.2) is 0 Å². The number of amides is 1. The quantitative estimate of drug-likeness (QED) is 0.861. The largest absolute Gasteiger partial charge is 0.456 e. The van der Waals surface area contributed by atoms with Crippen molar-refractivity contribution in [2.24, 2.45) is 5.92 Å². The molecule has 0 bridgehead atoms. The van der Waals surface area contributed by atoms with E-state index in [4.69, 9.17) is 9.15 Å². The van der Waals surface area contributed by atoms with Crippen LogP contribution in [0, 0.1) is 12.8 Å². The third-order valence-electron chi connectivity index (χ3n) is 3.83. The number of nitrogens with zero attached hydrogens (tertiary/aromatic N) is 1. The fourth-order valence-corrected chi connectivity index (χ4v) is 2.52. The maximum absolute atomic E-state index is 11.9. The Morgan fingerprint density at radius 3 is 2.80 bits per heavy atom. The Hall–Kier alpha value is -1.33. The molecule has 112 valence electrons. The molecular weight excluding hydrogens is 256 g/mol. The molecule has 0 spiro atoms. The standard InChI is InChI=1S/C15H24N2O3/c1-12-3-4-14(20-12)15(18)16-11-13-5-7-17(8-6-13)9-10-19-2/h3-4,13H,5-11H2,1-2H3,(H,16,18). The highest BCUT2D eigenvalue weighted by Crippen LogP contribution is 2.16. The minimum Gasteiger partial charge on any atom is -0.456 e. The van der Waals surface area contributed by atoms with Crippen molar-refractivity contribution in [1.29, 1.82) is 0 Å². The summed E-state index contributed by atoms with van der Waals surface area (Å²) in [6.07, 6.45) is 2.25. The van der Waals surface area contributed by atoms with Gasteiger partial charge < -0.3 is 19.4 Å². The van der Waals surface area contributed by atoms with Gasteiger partial charge in [0.25, 0.3) is 5.91 Å². The van der Waals surface area contributed by atoms with Gasteiger partial charge >= 0.3 is 0 Å². The maximum atomic E-state index is 11.9. The predicted octanol–water partition coefficient (Wildman–Crippen LogP) is 1.68. The minimum absolute atomic E-state index is 0.111. The third-order valence-corrected chi connectivity index (χ3v) is 3.83. The minimum atomic E-state index is -0.111. The molecule has 1 amide bonds. The van der Waals surface area contributed by atoms with Crippen molar-refractivity contribution in [2.75, 3.05) is 39.9 Å². The zero-order valence-electron chi connectivity index (χ0n) is 12.4. The van der Waals surface area contributed by atoms with Gasteiger partial charge in [-0.05, 0) is 50.9 Å². The number of ether oxygens (including phenoxy) is 1. The Kier molecular flexibility index (Phi) is 5.61. The number of piperidine rings is 1. The summed E-state index contributed by atoms with van der Waals surface area (Å²) in [6.45, 7) is 6.54. The number of likely N-dealkylation sites (tertiary alicyclic amines) is 1. The van der Waals surface area contributed by atoms with Crippen molar-refractivity contribution in [1.82, 2.24) is 10.2 Å². The van der Waals surface area contributed by atoms with Gasteiger partial charge in [-0.1, -0.05) is 0 Å². The van der Waals surface area contributed by atoms with Crippen LogP contribution in [0.5, 0.6) is 0 Å². The first-order valence-electron chi connectivity index (χ1n) is 7.25. The van der Waals surface area contributed by atoms with Crippen LogP contribution in [0.15, 0.2) is 16.5 Å². The van der Waals surface area contributed by atoms with Gasteiger partial charge in [-0.15, -0.1) is 0 Å². The number of nitrogens with one attached hydrogen (secondary N) is 1. The molecule has 1 aromatic heterocycles. The molecule has 2 rings (SSSR count). The number of methoxy groups -OCH3 is 1. The van der Waals surface area contributed by atoms with Crippen LogP contribution >= 0.6 is 0 Å². The summed E-state index contributed by atoms with van der Waals surface area (Å²) in [5.41, 5.74) is 0. The Balaban J connectivity index is 1.67. The van der Waals surface area contributed by atoms with Crippen LogP contribution < -0.4 is 5.32 Å². The van der Waals surface area contributed by atoms with Crippen LogP contribution in [0.4, 0.5) is 0 Å². The number of carbonyl (C=O) groups is 1. The summed E-state index contributed by atoms with van der Waals surface area (Å²) < 4.78 is 10.4. The molecule has 0 radical (unpaired) electrons. The van der Waals surface area contributed by atoms with Gasteiger partial charge in [0.05, 0.1) is 6.61 Å². The van der Waals surface area contributed by atoms with E-state index in [1.165, 1.54) is 0 Å². The van der Waals surface area contributed by atoms with E-state index in [0.717, 1.165) is 51.4 Å². The van der Waals surface area contributed by atoms with E-state index < -0.39 is 0 Å². The van der Waals surface area contributed by atoms with E-state index in [1.54, 1.807) is 13.2 Å². The van der Waals surface area contributed by atoms with E-state index in [1.807, 2.05) is 13.0 Å². The lowest BCUT2D eigenvalue weighted by Crippen LogP contribution is -2.39. The van der Waals surface area contributed by atoms with Crippen molar-refractivity contribution >= 4 is 5.91 Å². The Morgan fingerprint density at radius 1 is 1.45 bits per heavy atom. The number of rotatable bonds is 6. The predicted molar refractivity (Wildman–Crippen MR) is 76.8 cm³/mol. The first-order chi connectivity index (χ1) is 9.69. The second kappa shape index (κ2) is 7.45. The van der Waals surface area contributed by atoms with Crippen molar-refractivity contribution < 1.29 is 13.9 Å². The second-order valence-electron chi connectivity index (χ2n) is 5.40. The molecule has 1 fully saturated rings. The number of hydrogen-bond acceptors (Lipinski definition) is 4. The maximum Gasteiger partial charge on any atom is 0.287 e. The molecule has 0 aromatic carbocycles. The summed E-state index contributed by atoms with van der Waals surface area (Å²) >= 11 is 0. The molecule has 0 aliphatic carbocycles. The molecule has 1 saturated heterocycles. The van der Waals surface area contributed by atoms with E-state index in [0.29, 0.717) is 11.7 Å². The van der Waals surface area contributed by atoms with Crippen LogP contribution in [0.25, 0.3) is 0 Å². The Bertz CT molecular complexity index is 423. The molecule has 5 heteroatoms. The molecule has 0 saturated carbocycles. The van der Waals surface area contributed by atoms with Crippen molar-refractivity contribution in [3.05, 3.63) is 23.7 Å². The zero-order valence-corrected chi connectivity index (χ0v) is 12.4. The van der Waals surface area contributed by atoms with Crippen molar-refractivity contribution in [2.45, 2.75) is 19.8 Å². The van der Waals surface area contributed by atoms with Gasteiger partial charge in [0.15, 0.2) is 5.76 Å². The van der Waals surface area contributed by atoms with Gasteiger partial charge in [-0.3, -0.25) is 4.79 Å². The number of furan rings is 1. The molecule has 1 aliphatic rings. The highest BCUT2D eigenvalue weighted by atomic mass is 16.5. The lowest BCUT2D eigenvalue weighted by molar-refractivity contribution is 0.0898. The second-order valence-corrected chi connectivity index (χ2v) is 5.40. The highest BCUT2D eigenvalue weighted by molar-refractivity contribution is 5.91. The smallest absolute Gasteiger partial charge is 0.287 e. The molecule has 0 unspecified atom stereocenters. The number of aryl methyl sites for hydroxylation is 1. The van der Waals surface area contributed by atoms with Crippen LogP contribution in [0.3, 0.4) is 0 Å². The van der Waals surface area contributed by atoms with Crippen LogP contribution in [-0.4, -0.2) is 50.7 Å². The summed E-state index contributed by atoms with van der Waals surface area (Å²) in [5, 5.41) is 2.96. The fourth-order valence-electron chi connectivity index (χ4n) is 2.52. The van der Waals surface area contributed by atoms with E-state index in [-0.39, 0.29) is 5.91 Å². The molecule has 2 heterocycles. The van der Waals surface area contributed by atoms with Crippen molar-refractivity contribution in [3.63, 3.8) is 0 Å². The zero-order chi connectivity index (χ0) is 14.4. The first kappa shape index (κ1) is 15.1. The molecule has 0 atom stereocenters. The summed E-state index contributed by atoms with van der Waals surface area (Å²) in [4.78, 5) is 14.3. The monoisotopic (exact) mass is 280 g/mol. The molecule has 20 heavy (non-hydrogen) atoms. The van der Waals surface area contributed by atoms with E-state index in [9.17, 15) is 4.79 Å². The topological polar surface area (TPSA) is 54.7 Å². The van der Waals surface area contributed by atoms with Gasteiger partial charge in [-0.2, -0.15) is 0 Å². The lowest BCUT2D eigenvalue weighted by atomic mass is 9.97. The number of hydrogen-bond donors (Lipinski definition) is 1. The summed E-state index contributed by atoms with van der Waals surface area (Å²) in [5.74, 6) is 1.62. The van der Waals surface area contributed by atoms with Crippen LogP contribution in [-0.2, 0) is 4.74 Å². The average Bonchev–Trinajstić information content (AvgIpc) is 2.90. The molecule has 5 nitrogen and oxygen atoms in total. The highest BCUT2D eigenvalue weighted by Gasteiger charge is 2.20. The van der Waals surface area contributed by atoms with Gasteiger partial charge in [0.2, 0.25) is 0 Å². The van der Waals surface area contributed by atoms with Crippen LogP contribution in [0.1, 0.15) is 29.2 Å². The Morgan fingerprint density at radius 2 is 2.20 bits per heavy atom. The van der Waals surface area contributed by atoms with E-state index in [2.05, 4.69) is 10.2 Å². The molecule has 1 aromatic rings. The SMILES string of the molecule is COCCN1CCC(CNC(=O)c2ccc(C)o2)CC1. The number of carbonyl (C=O) groups excluding carboxylic acids is 1. The first-order valence-corrected chi connectivity index (χ1v) is 7.25. The van der Waals surface area contributed by atoms with Crippen LogP contribution in [0.2, 0.25) is 0 Å². The van der Waals surface area contributed by atoms with Gasteiger partial charge in [0, 0.05) is 20.2 Å². The molecule has 1 N–H and O–H groups in total.